The lowest BCUT2D eigenvalue weighted by Crippen LogP contribution is -2.44. The van der Waals surface area contributed by atoms with Gasteiger partial charge in [0.2, 0.25) is 5.91 Å². The fraction of sp³-hybridized carbons (Fsp3) is 0.481. The summed E-state index contributed by atoms with van der Waals surface area (Å²) in [7, 11) is 0. The van der Waals surface area contributed by atoms with Gasteiger partial charge in [0.1, 0.15) is 0 Å². The van der Waals surface area contributed by atoms with E-state index in [4.69, 9.17) is 9.47 Å². The van der Waals surface area contributed by atoms with Crippen LogP contribution in [-0.4, -0.2) is 53.2 Å². The third-order valence-electron chi connectivity index (χ3n) is 6.19. The van der Waals surface area contributed by atoms with Crippen molar-refractivity contribution in [1.82, 2.24) is 9.47 Å². The number of hydrogen-bond donors (Lipinski definition) is 1. The summed E-state index contributed by atoms with van der Waals surface area (Å²) in [5.74, 6) is -0.609. The van der Waals surface area contributed by atoms with E-state index >= 15 is 0 Å². The van der Waals surface area contributed by atoms with Gasteiger partial charge >= 0.3 is 5.97 Å². The van der Waals surface area contributed by atoms with Crippen LogP contribution in [0.5, 0.6) is 0 Å². The monoisotopic (exact) mass is 467 g/mol. The van der Waals surface area contributed by atoms with E-state index in [9.17, 15) is 9.59 Å². The Hall–Kier alpha value is -2.90. The highest BCUT2D eigenvalue weighted by atomic mass is 16.5. The molecule has 7 heteroatoms. The molecule has 1 aliphatic heterocycles. The number of carbonyl (C=O) groups is 2. The third kappa shape index (κ3) is 5.96. The summed E-state index contributed by atoms with van der Waals surface area (Å²) in [4.78, 5) is 27.8. The van der Waals surface area contributed by atoms with Gasteiger partial charge in [-0.15, -0.1) is 0 Å². The number of benzene rings is 1. The number of morpholine rings is 1. The maximum atomic E-state index is 12.9. The molecule has 1 aliphatic rings. The van der Waals surface area contributed by atoms with Gasteiger partial charge in [-0.3, -0.25) is 9.69 Å². The van der Waals surface area contributed by atoms with Crippen molar-refractivity contribution in [2.45, 2.75) is 66.8 Å². The van der Waals surface area contributed by atoms with E-state index in [1.165, 1.54) is 6.08 Å². The highest BCUT2D eigenvalue weighted by Gasteiger charge is 2.24. The Morgan fingerprint density at radius 1 is 1.12 bits per heavy atom. The van der Waals surface area contributed by atoms with Crippen LogP contribution in [0.25, 0.3) is 6.08 Å². The highest BCUT2D eigenvalue weighted by Crippen LogP contribution is 2.25. The molecule has 1 aromatic carbocycles. The quantitative estimate of drug-likeness (QED) is 0.455. The Bertz CT molecular complexity index is 1050. The van der Waals surface area contributed by atoms with Gasteiger partial charge < -0.3 is 19.4 Å². The minimum absolute atomic E-state index is 0.184. The number of hydrogen-bond acceptors (Lipinski definition) is 5. The van der Waals surface area contributed by atoms with Gasteiger partial charge in [0.05, 0.1) is 24.4 Å². The fourth-order valence-corrected chi connectivity index (χ4v) is 4.81. The summed E-state index contributed by atoms with van der Waals surface area (Å²) < 4.78 is 13.2. The molecule has 0 spiro atoms. The van der Waals surface area contributed by atoms with Crippen LogP contribution in [0.1, 0.15) is 60.6 Å². The molecule has 34 heavy (non-hydrogen) atoms. The minimum atomic E-state index is -0.366. The molecule has 2 aromatic rings. The maximum Gasteiger partial charge on any atom is 0.340 e. The molecule has 2 atom stereocenters. The Morgan fingerprint density at radius 2 is 1.79 bits per heavy atom. The molecule has 0 aliphatic carbocycles. The first-order valence-electron chi connectivity index (χ1n) is 12.1. The number of rotatable bonds is 8. The fourth-order valence-electron chi connectivity index (χ4n) is 4.81. The van der Waals surface area contributed by atoms with E-state index in [-0.39, 0.29) is 24.1 Å². The van der Waals surface area contributed by atoms with Crippen molar-refractivity contribution in [3.8, 4) is 0 Å². The van der Waals surface area contributed by atoms with Crippen molar-refractivity contribution in [2.24, 2.45) is 0 Å². The van der Waals surface area contributed by atoms with Gasteiger partial charge in [-0.05, 0) is 59.2 Å². The highest BCUT2D eigenvalue weighted by molar-refractivity contribution is 6.04. The maximum absolute atomic E-state index is 12.9. The van der Waals surface area contributed by atoms with E-state index in [1.807, 2.05) is 45.0 Å². The van der Waals surface area contributed by atoms with E-state index < -0.39 is 0 Å². The molecule has 1 fully saturated rings. The lowest BCUT2D eigenvalue weighted by atomic mass is 10.1. The second-order valence-corrected chi connectivity index (χ2v) is 8.86. The summed E-state index contributed by atoms with van der Waals surface area (Å²) in [5, 5.41) is 3.01. The Morgan fingerprint density at radius 3 is 2.44 bits per heavy atom. The summed E-state index contributed by atoms with van der Waals surface area (Å²) >= 11 is 0. The largest absolute Gasteiger partial charge is 0.462 e. The van der Waals surface area contributed by atoms with Gasteiger partial charge in [-0.2, -0.15) is 0 Å². The zero-order valence-electron chi connectivity index (χ0n) is 21.2. The van der Waals surface area contributed by atoms with Crippen LogP contribution in [-0.2, 0) is 27.4 Å². The van der Waals surface area contributed by atoms with E-state index in [1.54, 1.807) is 13.0 Å². The number of para-hydroxylation sites is 1. The smallest absolute Gasteiger partial charge is 0.340 e. The second-order valence-electron chi connectivity index (χ2n) is 8.86. The summed E-state index contributed by atoms with van der Waals surface area (Å²) in [6, 6.07) is 7.86. The number of nitrogens with one attached hydrogen (secondary N) is 1. The van der Waals surface area contributed by atoms with Crippen molar-refractivity contribution >= 4 is 23.6 Å². The van der Waals surface area contributed by atoms with E-state index in [0.29, 0.717) is 12.2 Å². The van der Waals surface area contributed by atoms with Crippen LogP contribution in [0, 0.1) is 13.8 Å². The van der Waals surface area contributed by atoms with Crippen LogP contribution in [0.4, 0.5) is 5.69 Å². The van der Waals surface area contributed by atoms with Crippen LogP contribution >= 0.6 is 0 Å². The van der Waals surface area contributed by atoms with Crippen LogP contribution in [0.3, 0.4) is 0 Å². The average Bonchev–Trinajstić information content (AvgIpc) is 3.02. The van der Waals surface area contributed by atoms with Crippen LogP contribution in [0.2, 0.25) is 0 Å². The van der Waals surface area contributed by atoms with Crippen molar-refractivity contribution in [3.05, 3.63) is 58.4 Å². The lowest BCUT2D eigenvalue weighted by Gasteiger charge is -2.35. The lowest BCUT2D eigenvalue weighted by molar-refractivity contribution is -0.111. The standard InChI is InChI=1S/C27H37N3O4/c1-7-30-20(5)23(26(21(30)6)27(32)33-8-2)13-14-25(31)28-24-12-10-9-11-22(24)17-29-15-18(3)34-19(4)16-29/h9-14,18-19H,7-8,15-17H2,1-6H3,(H,28,31). The number of esters is 1. The molecule has 2 unspecified atom stereocenters. The Kier molecular flexibility index (Phi) is 8.69. The molecule has 0 bridgehead atoms. The zero-order chi connectivity index (χ0) is 24.8. The molecule has 3 rings (SSSR count). The zero-order valence-corrected chi connectivity index (χ0v) is 21.2. The van der Waals surface area contributed by atoms with Gasteiger partial charge in [0.25, 0.3) is 0 Å². The normalized spacial score (nSPS) is 18.9. The predicted molar refractivity (Wildman–Crippen MR) is 135 cm³/mol. The number of amides is 1. The summed E-state index contributed by atoms with van der Waals surface area (Å²) in [6.07, 6.45) is 3.57. The Balaban J connectivity index is 1.78. The molecule has 1 saturated heterocycles. The third-order valence-corrected chi connectivity index (χ3v) is 6.19. The predicted octanol–water partition coefficient (Wildman–Crippen LogP) is 4.56. The molecular formula is C27H37N3O4. The van der Waals surface area contributed by atoms with Gasteiger partial charge in [-0.25, -0.2) is 4.79 Å². The number of aromatic nitrogens is 1. The average molecular weight is 468 g/mol. The molecule has 1 amide bonds. The number of ether oxygens (including phenoxy) is 2. The van der Waals surface area contributed by atoms with Gasteiger partial charge in [0, 0.05) is 54.9 Å². The summed E-state index contributed by atoms with van der Waals surface area (Å²) in [5.41, 5.74) is 4.86. The molecule has 1 N–H and O–H groups in total. The van der Waals surface area contributed by atoms with Crippen LogP contribution in [0.15, 0.2) is 30.3 Å². The molecule has 7 nitrogen and oxygen atoms in total. The SMILES string of the molecule is CCOC(=O)c1c(C=CC(=O)Nc2ccccc2CN2CC(C)OC(C)C2)c(C)n(CC)c1C. The Labute approximate surface area is 202 Å². The minimum Gasteiger partial charge on any atom is -0.462 e. The number of nitrogens with zero attached hydrogens (tertiary/aromatic N) is 2. The first kappa shape index (κ1) is 25.7. The van der Waals surface area contributed by atoms with Gasteiger partial charge in [-0.1, -0.05) is 18.2 Å². The first-order chi connectivity index (χ1) is 16.2. The molecular weight excluding hydrogens is 430 g/mol. The van der Waals surface area contributed by atoms with Crippen molar-refractivity contribution in [2.75, 3.05) is 25.0 Å². The molecule has 1 aromatic heterocycles. The van der Waals surface area contributed by atoms with Crippen molar-refractivity contribution in [1.29, 1.82) is 0 Å². The van der Waals surface area contributed by atoms with E-state index in [2.05, 4.69) is 28.6 Å². The first-order valence-corrected chi connectivity index (χ1v) is 12.1. The van der Waals surface area contributed by atoms with Crippen molar-refractivity contribution < 1.29 is 19.1 Å². The van der Waals surface area contributed by atoms with Crippen molar-refractivity contribution in [3.63, 3.8) is 0 Å². The molecule has 0 saturated carbocycles. The number of carbonyl (C=O) groups excluding carboxylic acids is 2. The number of anilines is 1. The molecule has 0 radical (unpaired) electrons. The summed E-state index contributed by atoms with van der Waals surface area (Å²) in [6.45, 7) is 15.3. The van der Waals surface area contributed by atoms with Gasteiger partial charge in [0.15, 0.2) is 0 Å². The second kappa shape index (κ2) is 11.5. The van der Waals surface area contributed by atoms with E-state index in [0.717, 1.165) is 54.4 Å². The molecule has 184 valence electrons. The topological polar surface area (TPSA) is 72.8 Å². The van der Waals surface area contributed by atoms with Crippen LogP contribution < -0.4 is 5.32 Å². The molecule has 2 heterocycles.